The summed E-state index contributed by atoms with van der Waals surface area (Å²) in [7, 11) is -6.98. The van der Waals surface area contributed by atoms with Gasteiger partial charge >= 0.3 is 0 Å². The van der Waals surface area contributed by atoms with Gasteiger partial charge in [-0.3, -0.25) is 0 Å². The van der Waals surface area contributed by atoms with Crippen LogP contribution >= 0.6 is 0 Å². The number of nitrogens with one attached hydrogen (secondary N) is 1. The van der Waals surface area contributed by atoms with Crippen molar-refractivity contribution in [2.24, 2.45) is 11.1 Å². The van der Waals surface area contributed by atoms with E-state index >= 15 is 0 Å². The second-order valence-corrected chi connectivity index (χ2v) is 8.13. The smallest absolute Gasteiger partial charge is 0.211 e. The van der Waals surface area contributed by atoms with E-state index in [1.54, 1.807) is 0 Å². The first-order chi connectivity index (χ1) is 7.79. The summed E-state index contributed by atoms with van der Waals surface area (Å²) in [6.45, 7) is -0.145. The maximum Gasteiger partial charge on any atom is 0.211 e. The van der Waals surface area contributed by atoms with E-state index in [2.05, 4.69) is 4.72 Å². The molecule has 1 aliphatic rings. The van der Waals surface area contributed by atoms with Crippen LogP contribution in [0.4, 0.5) is 0 Å². The molecule has 0 radical (unpaired) electrons. The predicted molar refractivity (Wildman–Crippen MR) is 66.3 cm³/mol. The highest BCUT2D eigenvalue weighted by molar-refractivity contribution is 7.90. The minimum absolute atomic E-state index is 0.0949. The molecule has 0 bridgehead atoms. The Kier molecular flexibility index (Phi) is 5.36. The van der Waals surface area contributed by atoms with Gasteiger partial charge in [0.15, 0.2) is 0 Å². The average molecular weight is 284 g/mol. The van der Waals surface area contributed by atoms with Crippen LogP contribution in [-0.2, 0) is 20.0 Å². The van der Waals surface area contributed by atoms with E-state index < -0.39 is 20.0 Å². The van der Waals surface area contributed by atoms with Gasteiger partial charge in [0.25, 0.3) is 0 Å². The third kappa shape index (κ3) is 6.97. The summed E-state index contributed by atoms with van der Waals surface area (Å²) in [5.41, 5.74) is 0. The normalized spacial score (nSPS) is 19.4. The van der Waals surface area contributed by atoms with Gasteiger partial charge in [-0.2, -0.15) is 0 Å². The van der Waals surface area contributed by atoms with E-state index in [-0.39, 0.29) is 24.0 Å². The molecule has 0 amide bonds. The fourth-order valence-corrected chi connectivity index (χ4v) is 4.06. The van der Waals surface area contributed by atoms with E-state index in [4.69, 9.17) is 5.14 Å². The molecule has 0 atom stereocenters. The molecule has 6 nitrogen and oxygen atoms in total. The van der Waals surface area contributed by atoms with Gasteiger partial charge in [0.1, 0.15) is 0 Å². The highest BCUT2D eigenvalue weighted by Crippen LogP contribution is 2.24. The topological polar surface area (TPSA) is 106 Å². The van der Waals surface area contributed by atoms with Crippen molar-refractivity contribution in [2.75, 3.05) is 18.1 Å². The summed E-state index contributed by atoms with van der Waals surface area (Å²) in [6.07, 6.45) is 5.22. The largest absolute Gasteiger partial charge is 0.229 e. The minimum atomic E-state index is -3.61. The fourth-order valence-electron chi connectivity index (χ4n) is 2.06. The van der Waals surface area contributed by atoms with Crippen molar-refractivity contribution in [3.05, 3.63) is 0 Å². The number of rotatable bonds is 6. The SMILES string of the molecule is NS(=O)(=O)CCNS(=O)(=O)CC1CCCCC1. The molecule has 0 unspecified atom stereocenters. The summed E-state index contributed by atoms with van der Waals surface area (Å²) >= 11 is 0. The van der Waals surface area contributed by atoms with Crippen molar-refractivity contribution in [2.45, 2.75) is 32.1 Å². The van der Waals surface area contributed by atoms with Gasteiger partial charge in [0, 0.05) is 6.54 Å². The number of hydrogen-bond donors (Lipinski definition) is 2. The van der Waals surface area contributed by atoms with Gasteiger partial charge in [0.2, 0.25) is 20.0 Å². The minimum Gasteiger partial charge on any atom is -0.229 e. The Morgan fingerprint density at radius 2 is 1.65 bits per heavy atom. The standard InChI is InChI=1S/C9H20N2O4S2/c10-16(12,13)7-6-11-17(14,15)8-9-4-2-1-3-5-9/h9,11H,1-8H2,(H2,10,12,13). The predicted octanol–water partition coefficient (Wildman–Crippen LogP) is -0.225. The van der Waals surface area contributed by atoms with Gasteiger partial charge < -0.3 is 0 Å². The summed E-state index contributed by atoms with van der Waals surface area (Å²) in [6, 6.07) is 0. The van der Waals surface area contributed by atoms with Crippen LogP contribution in [0.15, 0.2) is 0 Å². The Morgan fingerprint density at radius 1 is 1.06 bits per heavy atom. The highest BCUT2D eigenvalue weighted by atomic mass is 32.2. The van der Waals surface area contributed by atoms with Crippen molar-refractivity contribution < 1.29 is 16.8 Å². The number of nitrogens with two attached hydrogens (primary N) is 1. The van der Waals surface area contributed by atoms with E-state index in [0.29, 0.717) is 0 Å². The van der Waals surface area contributed by atoms with Crippen molar-refractivity contribution in [3.63, 3.8) is 0 Å². The van der Waals surface area contributed by atoms with Gasteiger partial charge in [-0.1, -0.05) is 19.3 Å². The maximum absolute atomic E-state index is 11.6. The molecule has 1 aliphatic carbocycles. The second kappa shape index (κ2) is 6.12. The van der Waals surface area contributed by atoms with Crippen molar-refractivity contribution in [1.29, 1.82) is 0 Å². The van der Waals surface area contributed by atoms with Crippen LogP contribution in [0, 0.1) is 5.92 Å². The summed E-state index contributed by atoms with van der Waals surface area (Å²) in [4.78, 5) is 0. The fraction of sp³-hybridized carbons (Fsp3) is 1.00. The molecule has 1 saturated carbocycles. The van der Waals surface area contributed by atoms with Crippen molar-refractivity contribution in [3.8, 4) is 0 Å². The zero-order valence-corrected chi connectivity index (χ0v) is 11.4. The van der Waals surface area contributed by atoms with Crippen LogP contribution < -0.4 is 9.86 Å². The van der Waals surface area contributed by atoms with Crippen LogP contribution in [0.25, 0.3) is 0 Å². The molecule has 1 rings (SSSR count). The maximum atomic E-state index is 11.6. The third-order valence-electron chi connectivity index (χ3n) is 2.89. The molecular weight excluding hydrogens is 264 g/mol. The van der Waals surface area contributed by atoms with E-state index in [9.17, 15) is 16.8 Å². The average Bonchev–Trinajstić information content (AvgIpc) is 2.15. The number of hydrogen-bond acceptors (Lipinski definition) is 4. The van der Waals surface area contributed by atoms with Crippen LogP contribution in [0.3, 0.4) is 0 Å². The first-order valence-electron chi connectivity index (χ1n) is 5.76. The summed E-state index contributed by atoms with van der Waals surface area (Å²) in [5.74, 6) is -0.0649. The molecule has 0 aromatic rings. The Labute approximate surface area is 103 Å². The molecule has 102 valence electrons. The molecular formula is C9H20N2O4S2. The van der Waals surface area contributed by atoms with E-state index in [1.165, 1.54) is 6.42 Å². The van der Waals surface area contributed by atoms with Crippen LogP contribution in [0.5, 0.6) is 0 Å². The molecule has 0 heterocycles. The quantitative estimate of drug-likeness (QED) is 0.703. The van der Waals surface area contributed by atoms with Gasteiger partial charge in [-0.25, -0.2) is 26.7 Å². The Balaban J connectivity index is 2.35. The van der Waals surface area contributed by atoms with E-state index in [1.807, 2.05) is 0 Å². The molecule has 0 spiro atoms. The molecule has 3 N–H and O–H groups in total. The molecule has 0 saturated heterocycles. The van der Waals surface area contributed by atoms with Crippen LogP contribution in [0.1, 0.15) is 32.1 Å². The molecule has 0 aliphatic heterocycles. The number of primary sulfonamides is 1. The van der Waals surface area contributed by atoms with Gasteiger partial charge in [0.05, 0.1) is 11.5 Å². The van der Waals surface area contributed by atoms with Crippen LogP contribution in [0.2, 0.25) is 0 Å². The lowest BCUT2D eigenvalue weighted by atomic mass is 9.91. The van der Waals surface area contributed by atoms with Gasteiger partial charge in [-0.15, -0.1) is 0 Å². The van der Waals surface area contributed by atoms with E-state index in [0.717, 1.165) is 25.7 Å². The summed E-state index contributed by atoms with van der Waals surface area (Å²) in [5, 5.41) is 4.79. The first kappa shape index (κ1) is 14.9. The van der Waals surface area contributed by atoms with Crippen molar-refractivity contribution in [1.82, 2.24) is 4.72 Å². The zero-order valence-electron chi connectivity index (χ0n) is 9.76. The number of sulfonamides is 2. The Hall–Kier alpha value is -0.180. The Bertz CT molecular complexity index is 424. The molecule has 0 aromatic carbocycles. The zero-order chi connectivity index (χ0) is 12.9. The monoisotopic (exact) mass is 284 g/mol. The lowest BCUT2D eigenvalue weighted by molar-refractivity contribution is 0.384. The molecule has 17 heavy (non-hydrogen) atoms. The molecule has 1 fully saturated rings. The first-order valence-corrected chi connectivity index (χ1v) is 9.13. The third-order valence-corrected chi connectivity index (χ3v) is 5.22. The van der Waals surface area contributed by atoms with Crippen LogP contribution in [-0.4, -0.2) is 34.9 Å². The Morgan fingerprint density at radius 3 is 2.18 bits per heavy atom. The van der Waals surface area contributed by atoms with Crippen molar-refractivity contribution >= 4 is 20.0 Å². The molecule has 0 aromatic heterocycles. The second-order valence-electron chi connectivity index (χ2n) is 4.55. The van der Waals surface area contributed by atoms with Gasteiger partial charge in [-0.05, 0) is 18.8 Å². The summed E-state index contributed by atoms with van der Waals surface area (Å²) < 4.78 is 46.9. The lowest BCUT2D eigenvalue weighted by Crippen LogP contribution is -2.35. The lowest BCUT2D eigenvalue weighted by Gasteiger charge is -2.21. The molecule has 8 heteroatoms. The highest BCUT2D eigenvalue weighted by Gasteiger charge is 2.21.